The van der Waals surface area contributed by atoms with Crippen molar-refractivity contribution in [3.05, 3.63) is 110 Å². The molecule has 3 aromatic carbocycles. The summed E-state index contributed by atoms with van der Waals surface area (Å²) < 4.78 is 13.9. The molecule has 0 spiro atoms. The number of ether oxygens (including phenoxy) is 1. The van der Waals surface area contributed by atoms with Crippen LogP contribution in [0.1, 0.15) is 0 Å². The molecule has 34 heavy (non-hydrogen) atoms. The molecule has 0 amide bonds. The molecule has 3 heterocycles. The average Bonchev–Trinajstić information content (AvgIpc) is 3.53. The van der Waals surface area contributed by atoms with Gasteiger partial charge in [0.25, 0.3) is 0 Å². The molecular formula is C26H16BN3O2PtS. The van der Waals surface area contributed by atoms with E-state index in [-0.39, 0.29) is 27.3 Å². The Balaban J connectivity index is 0.00000241. The van der Waals surface area contributed by atoms with E-state index in [0.29, 0.717) is 11.5 Å². The standard InChI is InChI=1S/C26H16BN3O2S.Pt/c1-2-10-26-25(9-1)32-27(33-26)21-5-3-7-23(15-21)31-24-8-4-6-22(16-24)30-18-20(17-29-30)19-11-13-28-14-12-19;/h1-14,17-18H;/q-2;+2. The molecule has 6 rings (SSSR count). The van der Waals surface area contributed by atoms with Crippen LogP contribution >= 0.6 is 11.6 Å². The number of aromatic nitrogens is 3. The summed E-state index contributed by atoms with van der Waals surface area (Å²) in [5.74, 6) is 2.10. The second kappa shape index (κ2) is 9.92. The van der Waals surface area contributed by atoms with Crippen LogP contribution in [-0.2, 0) is 21.1 Å². The summed E-state index contributed by atoms with van der Waals surface area (Å²) in [6.07, 6.45) is 7.18. The van der Waals surface area contributed by atoms with E-state index < -0.39 is 0 Å². The molecule has 8 heteroatoms. The fraction of sp³-hybridized carbons (Fsp3) is 0. The topological polar surface area (TPSA) is 49.2 Å². The predicted molar refractivity (Wildman–Crippen MR) is 129 cm³/mol. The maximum Gasteiger partial charge on any atom is 2.00 e. The van der Waals surface area contributed by atoms with E-state index in [9.17, 15) is 0 Å². The van der Waals surface area contributed by atoms with Gasteiger partial charge >= 0.3 is 27.3 Å². The van der Waals surface area contributed by atoms with Gasteiger partial charge in [-0.3, -0.25) is 9.67 Å². The molecule has 0 saturated heterocycles. The first-order valence-electron chi connectivity index (χ1n) is 10.4. The molecule has 5 aromatic rings. The predicted octanol–water partition coefficient (Wildman–Crippen LogP) is 5.20. The van der Waals surface area contributed by atoms with Crippen LogP contribution < -0.4 is 14.9 Å². The summed E-state index contributed by atoms with van der Waals surface area (Å²) in [6.45, 7) is 0. The quantitative estimate of drug-likeness (QED) is 0.195. The number of fused-ring (bicyclic) bond motifs is 1. The second-order valence-electron chi connectivity index (χ2n) is 7.40. The maximum atomic E-state index is 6.08. The van der Waals surface area contributed by atoms with Crippen LogP contribution in [-0.4, -0.2) is 21.0 Å². The van der Waals surface area contributed by atoms with Crippen molar-refractivity contribution in [2.24, 2.45) is 0 Å². The Hall–Kier alpha value is -3.28. The molecule has 0 atom stereocenters. The molecule has 0 radical (unpaired) electrons. The zero-order valence-electron chi connectivity index (χ0n) is 17.7. The normalized spacial score (nSPS) is 11.9. The summed E-state index contributed by atoms with van der Waals surface area (Å²) in [5, 5.41) is 4.48. The summed E-state index contributed by atoms with van der Waals surface area (Å²) in [7, 11) is 0. The third kappa shape index (κ3) is 4.67. The molecule has 0 bridgehead atoms. The molecule has 1 aliphatic heterocycles. The van der Waals surface area contributed by atoms with Gasteiger partial charge in [0, 0.05) is 40.5 Å². The van der Waals surface area contributed by atoms with E-state index in [1.807, 2.05) is 79.1 Å². The Morgan fingerprint density at radius 2 is 1.65 bits per heavy atom. The van der Waals surface area contributed by atoms with Crippen LogP contribution in [0.25, 0.3) is 16.8 Å². The summed E-state index contributed by atoms with van der Waals surface area (Å²) >= 11 is 1.67. The van der Waals surface area contributed by atoms with Crippen LogP contribution in [0.3, 0.4) is 0 Å². The molecule has 5 nitrogen and oxygen atoms in total. The van der Waals surface area contributed by atoms with Crippen molar-refractivity contribution in [3.63, 3.8) is 0 Å². The minimum atomic E-state index is -0.142. The van der Waals surface area contributed by atoms with Crippen molar-refractivity contribution < 1.29 is 30.5 Å². The fourth-order valence-corrected chi connectivity index (χ4v) is 4.62. The molecule has 0 saturated carbocycles. The Morgan fingerprint density at radius 1 is 0.853 bits per heavy atom. The largest absolute Gasteiger partial charge is 2.00 e. The fourth-order valence-electron chi connectivity index (χ4n) is 3.58. The van der Waals surface area contributed by atoms with Crippen LogP contribution in [0.15, 0.2) is 102 Å². The number of nitrogens with zero attached hydrogens (tertiary/aromatic N) is 3. The number of para-hydroxylation sites is 1. The first-order valence-corrected chi connectivity index (χ1v) is 11.3. The van der Waals surface area contributed by atoms with Crippen LogP contribution in [0.2, 0.25) is 0 Å². The van der Waals surface area contributed by atoms with Gasteiger partial charge in [-0.2, -0.15) is 23.3 Å². The van der Waals surface area contributed by atoms with Crippen LogP contribution in [0, 0.1) is 12.1 Å². The van der Waals surface area contributed by atoms with Gasteiger partial charge in [0.15, 0.2) is 0 Å². The van der Waals surface area contributed by atoms with E-state index in [2.05, 4.69) is 28.3 Å². The van der Waals surface area contributed by atoms with Gasteiger partial charge in [0.1, 0.15) is 5.75 Å². The Labute approximate surface area is 216 Å². The molecule has 0 aliphatic carbocycles. The van der Waals surface area contributed by atoms with Crippen molar-refractivity contribution in [3.8, 4) is 34.1 Å². The van der Waals surface area contributed by atoms with E-state index in [4.69, 9.17) is 9.39 Å². The number of rotatable bonds is 5. The molecule has 2 aromatic heterocycles. The Morgan fingerprint density at radius 3 is 2.50 bits per heavy atom. The monoisotopic (exact) mass is 640 g/mol. The SMILES string of the molecule is [Pt+2].[c-]1c(Oc2[c-]c(-n3cc(-c4ccncc4)cn3)ccc2)cccc1B1Oc2ccccc2S1. The van der Waals surface area contributed by atoms with Crippen molar-refractivity contribution in [1.29, 1.82) is 0 Å². The molecule has 0 N–H and O–H groups in total. The zero-order chi connectivity index (χ0) is 22.0. The van der Waals surface area contributed by atoms with Gasteiger partial charge in [0.05, 0.1) is 6.20 Å². The van der Waals surface area contributed by atoms with Crippen molar-refractivity contribution in [1.82, 2.24) is 14.8 Å². The molecule has 166 valence electrons. The summed E-state index contributed by atoms with van der Waals surface area (Å²) in [6, 6.07) is 30.1. The third-order valence-corrected chi connectivity index (χ3v) is 6.33. The van der Waals surface area contributed by atoms with E-state index in [1.54, 1.807) is 28.7 Å². The first kappa shape index (κ1) is 22.5. The molecule has 0 unspecified atom stereocenters. The van der Waals surface area contributed by atoms with Crippen LogP contribution in [0.4, 0.5) is 0 Å². The second-order valence-corrected chi connectivity index (χ2v) is 8.50. The third-order valence-electron chi connectivity index (χ3n) is 5.18. The summed E-state index contributed by atoms with van der Waals surface area (Å²) in [5.41, 5.74) is 3.78. The summed E-state index contributed by atoms with van der Waals surface area (Å²) in [4.78, 5) is 5.20. The minimum absolute atomic E-state index is 0. The molecular weight excluding hydrogens is 624 g/mol. The van der Waals surface area contributed by atoms with Crippen molar-refractivity contribution >= 4 is 23.3 Å². The van der Waals surface area contributed by atoms with Crippen LogP contribution in [0.5, 0.6) is 17.2 Å². The van der Waals surface area contributed by atoms with E-state index in [0.717, 1.165) is 32.9 Å². The number of benzene rings is 3. The first-order chi connectivity index (χ1) is 16.3. The maximum absolute atomic E-state index is 6.08. The van der Waals surface area contributed by atoms with E-state index >= 15 is 0 Å². The number of hydrogen-bond donors (Lipinski definition) is 0. The van der Waals surface area contributed by atoms with Crippen molar-refractivity contribution in [2.45, 2.75) is 4.90 Å². The zero-order valence-corrected chi connectivity index (χ0v) is 20.8. The van der Waals surface area contributed by atoms with Crippen molar-refractivity contribution in [2.75, 3.05) is 0 Å². The number of hydrogen-bond acceptors (Lipinski definition) is 5. The Bertz CT molecular complexity index is 1410. The molecule has 1 aliphatic rings. The van der Waals surface area contributed by atoms with Gasteiger partial charge < -0.3 is 9.39 Å². The van der Waals surface area contributed by atoms with Gasteiger partial charge in [-0.1, -0.05) is 12.1 Å². The van der Waals surface area contributed by atoms with E-state index in [1.165, 1.54) is 0 Å². The van der Waals surface area contributed by atoms with Gasteiger partial charge in [0.2, 0.25) is 0 Å². The molecule has 0 fully saturated rings. The van der Waals surface area contributed by atoms with Gasteiger partial charge in [-0.15, -0.1) is 47.4 Å². The Kier molecular flexibility index (Phi) is 6.57. The minimum Gasteiger partial charge on any atom is -0.547 e. The van der Waals surface area contributed by atoms with Gasteiger partial charge in [-0.05, 0) is 35.5 Å². The smallest absolute Gasteiger partial charge is 0.547 e. The number of pyridine rings is 1. The van der Waals surface area contributed by atoms with Gasteiger partial charge in [-0.25, -0.2) is 0 Å². The average molecular weight is 640 g/mol.